The summed E-state index contributed by atoms with van der Waals surface area (Å²) in [5.41, 5.74) is 10.6. The van der Waals surface area contributed by atoms with Crippen LogP contribution in [0.2, 0.25) is 0 Å². The average molecular weight is 366 g/mol. The van der Waals surface area contributed by atoms with Crippen LogP contribution < -0.4 is 11.1 Å². The van der Waals surface area contributed by atoms with Crippen LogP contribution in [0.3, 0.4) is 0 Å². The molecule has 0 saturated carbocycles. The summed E-state index contributed by atoms with van der Waals surface area (Å²) in [6.07, 6.45) is 1.98. The number of hydrogen-bond acceptors (Lipinski definition) is 3. The summed E-state index contributed by atoms with van der Waals surface area (Å²) < 4.78 is 0. The van der Waals surface area contributed by atoms with Crippen LogP contribution in [0.4, 0.5) is 5.69 Å². The number of primary amides is 1. The van der Waals surface area contributed by atoms with E-state index in [1.54, 1.807) is 6.92 Å². The highest BCUT2D eigenvalue weighted by Crippen LogP contribution is 2.33. The molecule has 4 N–H and O–H groups in total. The number of nitrogens with one attached hydrogen (secondary N) is 2. The van der Waals surface area contributed by atoms with Gasteiger partial charge in [-0.2, -0.15) is 0 Å². The van der Waals surface area contributed by atoms with Gasteiger partial charge in [-0.1, -0.05) is 12.0 Å². The number of hydrogen-bond donors (Lipinski definition) is 3. The van der Waals surface area contributed by atoms with Crippen molar-refractivity contribution in [2.75, 3.05) is 18.4 Å². The summed E-state index contributed by atoms with van der Waals surface area (Å²) in [5.74, 6) is 4.85. The van der Waals surface area contributed by atoms with Gasteiger partial charge in [0.05, 0.1) is 11.9 Å². The van der Waals surface area contributed by atoms with Crippen LogP contribution in [0.25, 0.3) is 10.9 Å². The minimum Gasteiger partial charge on any atom is -0.382 e. The number of carbonyl (C=O) groups excluding carboxylic acids is 2. The number of rotatable bonds is 4. The zero-order valence-corrected chi connectivity index (χ0v) is 16.1. The van der Waals surface area contributed by atoms with Gasteiger partial charge in [0.1, 0.15) is 0 Å². The van der Waals surface area contributed by atoms with Crippen molar-refractivity contribution in [2.45, 2.75) is 46.1 Å². The van der Waals surface area contributed by atoms with Crippen LogP contribution in [0.5, 0.6) is 0 Å². The number of nitrogens with two attached hydrogens (primary N) is 1. The van der Waals surface area contributed by atoms with Gasteiger partial charge in [0.2, 0.25) is 5.91 Å². The number of aryl methyl sites for hydroxylation is 2. The van der Waals surface area contributed by atoms with Crippen molar-refractivity contribution >= 4 is 28.4 Å². The van der Waals surface area contributed by atoms with Crippen molar-refractivity contribution in [3.63, 3.8) is 0 Å². The molecule has 3 rings (SSSR count). The number of amides is 2. The molecule has 0 bridgehead atoms. The maximum atomic E-state index is 11.9. The molecule has 6 heteroatoms. The molecule has 1 saturated heterocycles. The van der Waals surface area contributed by atoms with Crippen LogP contribution in [0.1, 0.15) is 36.6 Å². The molecule has 2 amide bonds. The Bertz CT molecular complexity index is 940. The lowest BCUT2D eigenvalue weighted by Gasteiger charge is -2.32. The standard InChI is InChI=1S/C21H26N4O2/c1-4-5-19(27)25-10-8-16(9-11-25)24-17-7-6-15(12-18(22)26)21-20(17)13(2)14(3)23-21/h6-7,16,23-24H,8-12H2,1-3H3,(H2,22,26). The Balaban J connectivity index is 1.81. The van der Waals surface area contributed by atoms with Crippen LogP contribution >= 0.6 is 0 Å². The summed E-state index contributed by atoms with van der Waals surface area (Å²) in [4.78, 5) is 28.5. The number of anilines is 1. The van der Waals surface area contributed by atoms with Crippen molar-refractivity contribution in [3.05, 3.63) is 29.0 Å². The normalized spacial score (nSPS) is 14.7. The number of carbonyl (C=O) groups is 2. The third-order valence-electron chi connectivity index (χ3n) is 5.28. The number of likely N-dealkylation sites (tertiary alicyclic amines) is 1. The minimum absolute atomic E-state index is 0.0914. The van der Waals surface area contributed by atoms with E-state index in [2.05, 4.69) is 29.1 Å². The molecule has 1 aliphatic heterocycles. The third kappa shape index (κ3) is 3.92. The van der Waals surface area contributed by atoms with E-state index in [4.69, 9.17) is 5.73 Å². The van der Waals surface area contributed by atoms with Gasteiger partial charge in [-0.25, -0.2) is 0 Å². The fourth-order valence-electron chi connectivity index (χ4n) is 3.73. The fraction of sp³-hybridized carbons (Fsp3) is 0.429. The van der Waals surface area contributed by atoms with Crippen molar-refractivity contribution in [3.8, 4) is 11.8 Å². The molecule has 142 valence electrons. The van der Waals surface area contributed by atoms with E-state index in [0.717, 1.165) is 40.7 Å². The van der Waals surface area contributed by atoms with Crippen molar-refractivity contribution in [1.29, 1.82) is 0 Å². The van der Waals surface area contributed by atoms with Gasteiger partial charge < -0.3 is 20.9 Å². The Morgan fingerprint density at radius 2 is 2.00 bits per heavy atom. The van der Waals surface area contributed by atoms with E-state index >= 15 is 0 Å². The van der Waals surface area contributed by atoms with Crippen molar-refractivity contribution in [2.24, 2.45) is 5.73 Å². The summed E-state index contributed by atoms with van der Waals surface area (Å²) >= 11 is 0. The lowest BCUT2D eigenvalue weighted by atomic mass is 10.0. The highest BCUT2D eigenvalue weighted by atomic mass is 16.2. The molecule has 1 aliphatic rings. The molecule has 0 radical (unpaired) electrons. The topological polar surface area (TPSA) is 91.2 Å². The van der Waals surface area contributed by atoms with Gasteiger partial charge in [0, 0.05) is 35.9 Å². The lowest BCUT2D eigenvalue weighted by Crippen LogP contribution is -2.41. The number of H-pyrrole nitrogens is 1. The molecular formula is C21H26N4O2. The highest BCUT2D eigenvalue weighted by molar-refractivity contribution is 5.99. The van der Waals surface area contributed by atoms with E-state index < -0.39 is 0 Å². The number of piperidine rings is 1. The van der Waals surface area contributed by atoms with Crippen molar-refractivity contribution < 1.29 is 9.59 Å². The van der Waals surface area contributed by atoms with Crippen molar-refractivity contribution in [1.82, 2.24) is 9.88 Å². The molecule has 0 unspecified atom stereocenters. The first kappa shape index (κ1) is 18.8. The molecule has 0 atom stereocenters. The van der Waals surface area contributed by atoms with Crippen LogP contribution in [-0.2, 0) is 16.0 Å². The first-order valence-electron chi connectivity index (χ1n) is 9.28. The summed E-state index contributed by atoms with van der Waals surface area (Å²) in [7, 11) is 0. The maximum Gasteiger partial charge on any atom is 0.298 e. The van der Waals surface area contributed by atoms with Gasteiger partial charge >= 0.3 is 0 Å². The zero-order valence-electron chi connectivity index (χ0n) is 16.1. The van der Waals surface area contributed by atoms with E-state index in [9.17, 15) is 9.59 Å². The zero-order chi connectivity index (χ0) is 19.6. The van der Waals surface area contributed by atoms with E-state index in [1.807, 2.05) is 24.0 Å². The fourth-order valence-corrected chi connectivity index (χ4v) is 3.73. The highest BCUT2D eigenvalue weighted by Gasteiger charge is 2.23. The Morgan fingerprint density at radius 1 is 1.30 bits per heavy atom. The molecule has 0 aliphatic carbocycles. The third-order valence-corrected chi connectivity index (χ3v) is 5.28. The Kier molecular flexibility index (Phi) is 5.41. The molecule has 2 aromatic rings. The van der Waals surface area contributed by atoms with Crippen LogP contribution in [0, 0.1) is 25.7 Å². The predicted octanol–water partition coefficient (Wildman–Crippen LogP) is 2.24. The number of fused-ring (bicyclic) bond motifs is 1. The second-order valence-corrected chi connectivity index (χ2v) is 7.13. The first-order chi connectivity index (χ1) is 12.9. The van der Waals surface area contributed by atoms with E-state index in [-0.39, 0.29) is 18.2 Å². The van der Waals surface area contributed by atoms with Gasteiger partial charge in [-0.15, -0.1) is 0 Å². The smallest absolute Gasteiger partial charge is 0.298 e. The van der Waals surface area contributed by atoms with Gasteiger partial charge in [-0.3, -0.25) is 9.59 Å². The van der Waals surface area contributed by atoms with Gasteiger partial charge in [0.15, 0.2) is 0 Å². The molecule has 1 fully saturated rings. The molecule has 1 aromatic carbocycles. The molecule has 0 spiro atoms. The van der Waals surface area contributed by atoms with Gasteiger partial charge in [0.25, 0.3) is 5.91 Å². The Morgan fingerprint density at radius 3 is 2.63 bits per heavy atom. The maximum absolute atomic E-state index is 11.9. The van der Waals surface area contributed by atoms with E-state index in [0.29, 0.717) is 19.1 Å². The Hall–Kier alpha value is -2.94. The van der Waals surface area contributed by atoms with Crippen LogP contribution in [-0.4, -0.2) is 40.8 Å². The molecule has 2 heterocycles. The van der Waals surface area contributed by atoms with E-state index in [1.165, 1.54) is 5.56 Å². The summed E-state index contributed by atoms with van der Waals surface area (Å²) in [6.45, 7) is 7.21. The molecule has 6 nitrogen and oxygen atoms in total. The SMILES string of the molecule is CC#CC(=O)N1CCC(Nc2ccc(CC(N)=O)c3[nH]c(C)c(C)c23)CC1. The lowest BCUT2D eigenvalue weighted by molar-refractivity contribution is -0.126. The number of benzene rings is 1. The molecular weight excluding hydrogens is 340 g/mol. The molecule has 27 heavy (non-hydrogen) atoms. The summed E-state index contributed by atoms with van der Waals surface area (Å²) in [5, 5.41) is 4.75. The summed E-state index contributed by atoms with van der Waals surface area (Å²) in [6, 6.07) is 4.28. The minimum atomic E-state index is -0.339. The monoisotopic (exact) mass is 366 g/mol. The molecule has 1 aromatic heterocycles. The number of aromatic amines is 1. The quantitative estimate of drug-likeness (QED) is 0.725. The average Bonchev–Trinajstić information content (AvgIpc) is 2.93. The Labute approximate surface area is 159 Å². The number of aromatic nitrogens is 1. The van der Waals surface area contributed by atoms with Crippen LogP contribution in [0.15, 0.2) is 12.1 Å². The second kappa shape index (κ2) is 7.75. The second-order valence-electron chi connectivity index (χ2n) is 7.13. The number of nitrogens with zero attached hydrogens (tertiary/aromatic N) is 1. The largest absolute Gasteiger partial charge is 0.382 e. The van der Waals surface area contributed by atoms with Gasteiger partial charge in [-0.05, 0) is 56.7 Å². The first-order valence-corrected chi connectivity index (χ1v) is 9.28. The predicted molar refractivity (Wildman–Crippen MR) is 107 cm³/mol.